The van der Waals surface area contributed by atoms with Crippen molar-refractivity contribution in [3.63, 3.8) is 0 Å². The number of hydrogen-bond donors (Lipinski definition) is 5. The van der Waals surface area contributed by atoms with Crippen LogP contribution in [0.3, 0.4) is 0 Å². The molecule has 14 aromatic rings. The highest BCUT2D eigenvalue weighted by Crippen LogP contribution is 2.36. The van der Waals surface area contributed by atoms with Gasteiger partial charge in [-0.25, -0.2) is 60.3 Å². The maximum Gasteiger partial charge on any atom is 0.338 e. The summed E-state index contributed by atoms with van der Waals surface area (Å²) in [5.41, 5.74) is 14.0. The van der Waals surface area contributed by atoms with E-state index in [0.717, 1.165) is 49.3 Å². The van der Waals surface area contributed by atoms with Gasteiger partial charge in [-0.3, -0.25) is 58.5 Å². The maximum atomic E-state index is 14.4. The number of amides is 5. The number of phenols is 1. The van der Waals surface area contributed by atoms with Crippen molar-refractivity contribution in [1.29, 1.82) is 0 Å². The number of phenolic OH excluding ortho intramolecular Hbond substituents is 1. The van der Waals surface area contributed by atoms with E-state index in [0.29, 0.717) is 141 Å². The smallest absolute Gasteiger partial charge is 0.338 e. The Bertz CT molecular complexity index is 6960. The van der Waals surface area contributed by atoms with Gasteiger partial charge < -0.3 is 49.7 Å². The normalized spacial score (nSPS) is 12.2. The predicted molar refractivity (Wildman–Crippen MR) is 537 cm³/mol. The molecule has 28 nitrogen and oxygen atoms in total. The summed E-state index contributed by atoms with van der Waals surface area (Å²) in [5, 5.41) is 17.1. The van der Waals surface area contributed by atoms with Crippen molar-refractivity contribution < 1.29 is 93.1 Å². The lowest BCUT2D eigenvalue weighted by Crippen LogP contribution is -2.25. The molecule has 12 heterocycles. The Morgan fingerprint density at radius 1 is 0.401 bits per heavy atom. The number of fused-ring (bicyclic) bond motifs is 5. The van der Waals surface area contributed by atoms with Gasteiger partial charge in [0.05, 0.1) is 99.1 Å². The number of carbonyl (C=O) groups is 7. The molecule has 142 heavy (non-hydrogen) atoms. The average molecular weight is 2420 g/mol. The summed E-state index contributed by atoms with van der Waals surface area (Å²) >= 11 is 27.4. The molecule has 7 aromatic heterocycles. The second kappa shape index (κ2) is 51.5. The number of esters is 2. The summed E-state index contributed by atoms with van der Waals surface area (Å²) in [6.45, 7) is 11.4. The van der Waals surface area contributed by atoms with Crippen molar-refractivity contribution in [3.8, 4) is 23.0 Å². The number of halogens is 15. The van der Waals surface area contributed by atoms with E-state index < -0.39 is 46.8 Å². The van der Waals surface area contributed by atoms with E-state index in [1.54, 1.807) is 37.8 Å². The van der Waals surface area contributed by atoms with Crippen LogP contribution in [-0.2, 0) is 73.2 Å². The van der Waals surface area contributed by atoms with Gasteiger partial charge in [0.2, 0.25) is 0 Å². The number of alkyl halides is 2. The number of nitrogens with zero attached hydrogens (tertiary/aromatic N) is 10. The third kappa shape index (κ3) is 30.0. The zero-order chi connectivity index (χ0) is 103. The minimum absolute atomic E-state index is 0.0132. The fourth-order valence-electron chi connectivity index (χ4n) is 13.0. The van der Waals surface area contributed by atoms with Crippen molar-refractivity contribution in [2.45, 2.75) is 98.4 Å². The van der Waals surface area contributed by atoms with E-state index >= 15 is 0 Å². The zero-order valence-corrected chi connectivity index (χ0v) is 87.4. The lowest BCUT2D eigenvalue weighted by molar-refractivity contribution is 0.0590. The third-order valence-electron chi connectivity index (χ3n) is 20.5. The largest absolute Gasteiger partial charge is 0.505 e. The standard InChI is InChI=1S/C19H14BrFN4O2.C19H15FN4O3.C15H13FN2O2.C9H7Br2FO2.C9H8BrFO2.C8H5BrFNO.C8H6FNO2.C7H8ClN.C5H3Br2N/c1-11-2-3-13(22-6-11)10-27-16-5-14-12(4-15(16)21)9-25(19(14)26)18-8-23-17(20)7-24-18;1-11-2-3-13(21-6-11)10-27-16-5-14-12(4-15(16)20)9-24(19(14)26)17-7-23-18(25)8-22-17;1-9-2-3-11(17-6-9)8-20-14-5-12-10(4-13(14)16)7-18-15(12)19;1-14-9(13)6-3-7(11)8(12)2-5(6)4-10;1-5-3-8(11)7(10)4-6(5)9(12)13-2;9-6-2-5-4(1-7(6)10)3-11-8(5)12;9-6-1-4-3-10-8(12)5(4)2-7(6)11;1-6-2-3-7(4-8)9-5-6;6-4-1-2-5(7)8-3-4/h2-8H,9-10H2,1H3;2-8H,9-10H2,1H3,(H,23,25);2-6H,7-8H2,1H3,(H,18,19);2-3H,4H2,1H3;3-4H,1-2H3;1-2H,3H2,(H,11,12);1-2,11H,3H2,(H,10,12);2-3,5H,4H2,1H3;1-3H. The van der Waals surface area contributed by atoms with Gasteiger partial charge in [0.1, 0.15) is 46.5 Å². The van der Waals surface area contributed by atoms with E-state index in [1.165, 1.54) is 127 Å². The first-order chi connectivity index (χ1) is 67.8. The Morgan fingerprint density at radius 2 is 0.796 bits per heavy atom. The van der Waals surface area contributed by atoms with Crippen molar-refractivity contribution in [2.75, 3.05) is 24.0 Å². The number of aromatic nitrogens is 9. The highest BCUT2D eigenvalue weighted by Gasteiger charge is 2.34. The summed E-state index contributed by atoms with van der Waals surface area (Å²) < 4.78 is 123. The Hall–Kier alpha value is -13.1. The Morgan fingerprint density at radius 3 is 1.21 bits per heavy atom. The molecule has 5 amide bonds. The Balaban J connectivity index is 0.000000157. The van der Waals surface area contributed by atoms with Gasteiger partial charge in [-0.1, -0.05) is 40.2 Å². The molecule has 0 atom stereocenters. The van der Waals surface area contributed by atoms with Crippen LogP contribution in [0.25, 0.3) is 0 Å². The van der Waals surface area contributed by atoms with Gasteiger partial charge >= 0.3 is 11.9 Å². The SMILES string of the molecule is Brc1ccc(Br)nc1.COC(=O)c1cc(Br)c(F)cc1C.COC(=O)c1cc(Br)c(F)cc1CBr.Cc1ccc(CCl)nc1.Cc1ccc(COc2cc3c(cc2F)CN(c2c[nH]c(=O)cn2)C3=O)nc1.Cc1ccc(COc2cc3c(cc2F)CN(c2cnc(Br)cn2)C3=O)nc1.Cc1ccc(COc2cc3c(cc2F)CNC3=O)nc1.O=C1NCc2cc(F)c(Br)cc21.O=C1NCc2cc(F)c(O)cc21. The lowest BCUT2D eigenvalue weighted by atomic mass is 10.1. The topological polar surface area (TPSA) is 364 Å². The van der Waals surface area contributed by atoms with Crippen LogP contribution in [0.2, 0.25) is 0 Å². The number of hydrogen-bond acceptors (Lipinski definition) is 22. The second-order valence-electron chi connectivity index (χ2n) is 30.7. The molecule has 5 N–H and O–H groups in total. The molecule has 734 valence electrons. The second-order valence-corrected chi connectivity index (χ2v) is 36.7. The first kappa shape index (κ1) is 109. The number of benzene rings is 7. The molecular formula is C99H79Br7ClF7N14O14. The lowest BCUT2D eigenvalue weighted by Gasteiger charge is -2.13. The van der Waals surface area contributed by atoms with Crippen LogP contribution in [0.15, 0.2) is 233 Å². The minimum Gasteiger partial charge on any atom is -0.505 e. The van der Waals surface area contributed by atoms with Crippen LogP contribution in [0, 0.1) is 75.3 Å². The monoisotopic (exact) mass is 2410 g/mol. The van der Waals surface area contributed by atoms with E-state index in [-0.39, 0.29) is 106 Å². The molecule has 0 saturated heterocycles. The number of aromatic amines is 1. The van der Waals surface area contributed by atoms with Gasteiger partial charge in [0.15, 0.2) is 57.9 Å². The predicted octanol–water partition coefficient (Wildman–Crippen LogP) is 21.8. The number of aromatic hydroxyl groups is 1. The quantitative estimate of drug-likeness (QED) is 0.0275. The van der Waals surface area contributed by atoms with Crippen molar-refractivity contribution in [1.82, 2.24) is 60.8 Å². The van der Waals surface area contributed by atoms with Crippen LogP contribution in [0.5, 0.6) is 23.0 Å². The van der Waals surface area contributed by atoms with E-state index in [2.05, 4.69) is 182 Å². The molecule has 0 fully saturated rings. The molecular weight excluding hydrogens is 2340 g/mol. The van der Waals surface area contributed by atoms with E-state index in [4.69, 9.17) is 30.9 Å². The molecule has 5 aliphatic rings. The van der Waals surface area contributed by atoms with Crippen molar-refractivity contribution >= 4 is 176 Å². The Kier molecular flexibility index (Phi) is 39.7. The number of methoxy groups -OCH3 is 2. The third-order valence-corrected chi connectivity index (χ3v) is 24.5. The van der Waals surface area contributed by atoms with E-state index in [1.807, 2.05) is 88.5 Å². The van der Waals surface area contributed by atoms with Crippen LogP contribution in [0.4, 0.5) is 42.4 Å². The number of carbonyl (C=O) groups excluding carboxylic acids is 7. The van der Waals surface area contributed by atoms with Gasteiger partial charge in [0, 0.05) is 94.4 Å². The molecule has 43 heteroatoms. The van der Waals surface area contributed by atoms with Crippen LogP contribution >= 0.6 is 123 Å². The molecule has 5 aliphatic heterocycles. The van der Waals surface area contributed by atoms with Gasteiger partial charge in [0.25, 0.3) is 35.1 Å². The molecule has 0 bridgehead atoms. The number of pyridine rings is 5. The zero-order valence-electron chi connectivity index (χ0n) is 75.5. The molecule has 7 aromatic carbocycles. The highest BCUT2D eigenvalue weighted by atomic mass is 79.9. The molecule has 0 aliphatic carbocycles. The van der Waals surface area contributed by atoms with Crippen LogP contribution < -0.4 is 45.5 Å². The van der Waals surface area contributed by atoms with E-state index in [9.17, 15) is 69.1 Å². The first-order valence-electron chi connectivity index (χ1n) is 41.8. The summed E-state index contributed by atoms with van der Waals surface area (Å²) in [5.74, 6) is -4.65. The number of H-pyrrole nitrogens is 1. The summed E-state index contributed by atoms with van der Waals surface area (Å²) in [6, 6.07) is 37.7. The highest BCUT2D eigenvalue weighted by molar-refractivity contribution is 9.11. The van der Waals surface area contributed by atoms with Gasteiger partial charge in [-0.15, -0.1) is 11.6 Å². The minimum atomic E-state index is -0.690. The summed E-state index contributed by atoms with van der Waals surface area (Å²) in [6.07, 6.45) is 14.2. The van der Waals surface area contributed by atoms with Crippen LogP contribution in [-0.4, -0.2) is 106 Å². The first-order valence-corrected chi connectivity index (χ1v) is 48.2. The number of ether oxygens (including phenoxy) is 5. The van der Waals surface area contributed by atoms with Crippen molar-refractivity contribution in [3.05, 3.63) is 402 Å². The molecule has 0 saturated carbocycles. The molecule has 0 spiro atoms. The summed E-state index contributed by atoms with van der Waals surface area (Å²) in [4.78, 5) is 131. The maximum absolute atomic E-state index is 14.4. The number of anilines is 2. The average Bonchev–Trinajstić information content (AvgIpc) is 1.63. The number of rotatable bonds is 15. The number of aryl methyl sites for hydroxylation is 5. The van der Waals surface area contributed by atoms with Crippen molar-refractivity contribution in [2.24, 2.45) is 0 Å². The summed E-state index contributed by atoms with van der Waals surface area (Å²) in [7, 11) is 2.58. The molecule has 0 radical (unpaired) electrons. The molecule has 19 rings (SSSR count). The van der Waals surface area contributed by atoms with Gasteiger partial charge in [-0.2, -0.15) is 0 Å². The fourth-order valence-corrected chi connectivity index (χ4v) is 15.4. The fraction of sp³-hybridized carbons (Fsp3) is 0.172. The molecule has 0 unspecified atom stereocenters. The van der Waals surface area contributed by atoms with Crippen LogP contribution in [0.1, 0.15) is 156 Å². The van der Waals surface area contributed by atoms with Gasteiger partial charge in [-0.05, 0) is 313 Å². The Labute approximate surface area is 870 Å². The number of nitrogens with one attached hydrogen (secondary N) is 4.